The van der Waals surface area contributed by atoms with Crippen LogP contribution >= 0.6 is 24.0 Å². The van der Waals surface area contributed by atoms with Crippen molar-refractivity contribution in [3.63, 3.8) is 0 Å². The van der Waals surface area contributed by atoms with E-state index in [-0.39, 0.29) is 24.0 Å². The van der Waals surface area contributed by atoms with Crippen molar-refractivity contribution in [1.29, 1.82) is 0 Å². The quantitative estimate of drug-likeness (QED) is 0.345. The Bertz CT molecular complexity index is 50.4. The van der Waals surface area contributed by atoms with Gasteiger partial charge in [-0.05, 0) is 13.8 Å². The molecule has 96 valence electrons. The van der Waals surface area contributed by atoms with Crippen molar-refractivity contribution in [2.24, 2.45) is 0 Å². The third-order valence-corrected chi connectivity index (χ3v) is 0. The van der Waals surface area contributed by atoms with Crippen LogP contribution in [0.4, 0.5) is 0 Å². The Morgan fingerprint density at radius 1 is 0.733 bits per heavy atom. The normalized spacial score (nSPS) is 4.40. The lowest BCUT2D eigenvalue weighted by atomic mass is 10.6. The molecule has 0 saturated carbocycles. The van der Waals surface area contributed by atoms with Gasteiger partial charge in [0.25, 0.3) is 0 Å². The minimum Gasteiger partial charge on any atom is -0.107 e. The van der Waals surface area contributed by atoms with Gasteiger partial charge in [0, 0.05) is 0 Å². The average molecular weight is 328 g/mol. The lowest BCUT2D eigenvalue weighted by Gasteiger charge is -1.48. The van der Waals surface area contributed by atoms with Crippen LogP contribution in [0.25, 0.3) is 0 Å². The largest absolute Gasteiger partial charge is 0.107 e. The SMILES string of the molecule is C=C.C=CC.C=CC.CCC.CCC.I. The highest BCUT2D eigenvalue weighted by Gasteiger charge is 1.36. The topological polar surface area (TPSA) is 0 Å². The van der Waals surface area contributed by atoms with Crippen LogP contribution in [-0.2, 0) is 0 Å². The molecular weight excluding hydrogens is 295 g/mol. The van der Waals surface area contributed by atoms with E-state index in [1.54, 1.807) is 12.2 Å². The van der Waals surface area contributed by atoms with E-state index >= 15 is 0 Å². The van der Waals surface area contributed by atoms with E-state index in [2.05, 4.69) is 54.0 Å². The number of hydrogen-bond donors (Lipinski definition) is 0. The summed E-state index contributed by atoms with van der Waals surface area (Å²) in [6.45, 7) is 25.0. The molecule has 0 aliphatic rings. The van der Waals surface area contributed by atoms with Crippen molar-refractivity contribution in [3.05, 3.63) is 38.5 Å². The summed E-state index contributed by atoms with van der Waals surface area (Å²) in [5.74, 6) is 0. The number of halogens is 1. The Morgan fingerprint density at radius 2 is 0.733 bits per heavy atom. The monoisotopic (exact) mass is 328 g/mol. The van der Waals surface area contributed by atoms with Crippen molar-refractivity contribution in [2.75, 3.05) is 0 Å². The maximum atomic E-state index is 3.36. The number of hydrogen-bond acceptors (Lipinski definition) is 0. The molecule has 0 unspecified atom stereocenters. The molecule has 15 heavy (non-hydrogen) atoms. The fraction of sp³-hybridized carbons (Fsp3) is 0.571. The van der Waals surface area contributed by atoms with Crippen molar-refractivity contribution in [3.8, 4) is 0 Å². The standard InChI is InChI=1S/2C3H8.2C3H6.C2H4.HI/c4*1-3-2;1-2;/h2*3H2,1-2H3;2*3H,1H2,2H3;1-2H2;1H. The summed E-state index contributed by atoms with van der Waals surface area (Å²) < 4.78 is 0. The molecule has 0 N–H and O–H groups in total. The maximum absolute atomic E-state index is 3.36. The molecule has 0 radical (unpaired) electrons. The van der Waals surface area contributed by atoms with Gasteiger partial charge in [0.1, 0.15) is 0 Å². The fourth-order valence-corrected chi connectivity index (χ4v) is 0. The molecule has 0 bridgehead atoms. The molecule has 0 nitrogen and oxygen atoms in total. The van der Waals surface area contributed by atoms with Crippen molar-refractivity contribution < 1.29 is 0 Å². The molecule has 0 amide bonds. The van der Waals surface area contributed by atoms with E-state index in [9.17, 15) is 0 Å². The first-order valence-corrected chi connectivity index (χ1v) is 5.30. The second-order valence-electron chi connectivity index (χ2n) is 2.23. The zero-order valence-electron chi connectivity index (χ0n) is 11.8. The highest BCUT2D eigenvalue weighted by atomic mass is 127. The molecule has 0 fully saturated rings. The second kappa shape index (κ2) is 150. The van der Waals surface area contributed by atoms with Gasteiger partial charge >= 0.3 is 0 Å². The van der Waals surface area contributed by atoms with Gasteiger partial charge in [-0.3, -0.25) is 0 Å². The van der Waals surface area contributed by atoms with Gasteiger partial charge in [-0.2, -0.15) is 0 Å². The molecule has 0 aromatic heterocycles. The van der Waals surface area contributed by atoms with E-state index in [0.29, 0.717) is 0 Å². The molecule has 0 aromatic carbocycles. The summed E-state index contributed by atoms with van der Waals surface area (Å²) in [5, 5.41) is 0. The summed E-state index contributed by atoms with van der Waals surface area (Å²) in [7, 11) is 0. The summed E-state index contributed by atoms with van der Waals surface area (Å²) in [5.41, 5.74) is 0. The van der Waals surface area contributed by atoms with Crippen molar-refractivity contribution in [1.82, 2.24) is 0 Å². The zero-order valence-corrected chi connectivity index (χ0v) is 14.1. The summed E-state index contributed by atoms with van der Waals surface area (Å²) in [6.07, 6.45) is 6.00. The van der Waals surface area contributed by atoms with Crippen LogP contribution < -0.4 is 0 Å². The second-order valence-corrected chi connectivity index (χ2v) is 2.23. The maximum Gasteiger partial charge on any atom is -0.0473 e. The molecule has 0 heterocycles. The highest BCUT2D eigenvalue weighted by Crippen LogP contribution is 1.56. The zero-order chi connectivity index (χ0) is 12.8. The van der Waals surface area contributed by atoms with Crippen LogP contribution in [-0.4, -0.2) is 0 Å². The molecule has 0 aliphatic carbocycles. The van der Waals surface area contributed by atoms with Crippen LogP contribution in [0, 0.1) is 0 Å². The van der Waals surface area contributed by atoms with Gasteiger partial charge in [-0.25, -0.2) is 0 Å². The van der Waals surface area contributed by atoms with Crippen LogP contribution in [0.5, 0.6) is 0 Å². The van der Waals surface area contributed by atoms with E-state index in [0.717, 1.165) is 0 Å². The fourth-order valence-electron chi connectivity index (χ4n) is 0. The lowest BCUT2D eigenvalue weighted by Crippen LogP contribution is -1.27. The van der Waals surface area contributed by atoms with E-state index in [4.69, 9.17) is 0 Å². The van der Waals surface area contributed by atoms with E-state index < -0.39 is 0 Å². The Hall–Kier alpha value is -0.0500. The summed E-state index contributed by atoms with van der Waals surface area (Å²) in [4.78, 5) is 0. The third-order valence-electron chi connectivity index (χ3n) is 0. The predicted octanol–water partition coefficient (Wildman–Crippen LogP) is 6.64. The minimum absolute atomic E-state index is 0. The summed E-state index contributed by atoms with van der Waals surface area (Å²) >= 11 is 0. The van der Waals surface area contributed by atoms with Crippen LogP contribution in [0.3, 0.4) is 0 Å². The molecule has 1 heteroatoms. The molecule has 0 aromatic rings. The number of rotatable bonds is 0. The van der Waals surface area contributed by atoms with E-state index in [1.807, 2.05) is 13.8 Å². The Morgan fingerprint density at radius 3 is 0.733 bits per heavy atom. The van der Waals surface area contributed by atoms with Crippen molar-refractivity contribution in [2.45, 2.75) is 54.4 Å². The third kappa shape index (κ3) is 797000. The predicted molar refractivity (Wildman–Crippen MR) is 90.3 cm³/mol. The first-order valence-electron chi connectivity index (χ1n) is 5.30. The Balaban J connectivity index is -0.0000000167. The smallest absolute Gasteiger partial charge is 0.0473 e. The first kappa shape index (κ1) is 36.3. The molecule has 0 rings (SSSR count). The van der Waals surface area contributed by atoms with Crippen LogP contribution in [0.2, 0.25) is 0 Å². The Kier molecular flexibility index (Phi) is 363. The lowest BCUT2D eigenvalue weighted by molar-refractivity contribution is 1.09. The van der Waals surface area contributed by atoms with Crippen molar-refractivity contribution >= 4 is 24.0 Å². The minimum atomic E-state index is 0. The number of allylic oxidation sites excluding steroid dienone is 2. The van der Waals surface area contributed by atoms with Gasteiger partial charge in [0.15, 0.2) is 0 Å². The van der Waals surface area contributed by atoms with Crippen LogP contribution in [0.1, 0.15) is 54.4 Å². The molecule has 0 spiro atoms. The van der Waals surface area contributed by atoms with Gasteiger partial charge in [0.2, 0.25) is 0 Å². The average Bonchev–Trinajstić information content (AvgIpc) is 2.12. The van der Waals surface area contributed by atoms with Crippen LogP contribution in [0.15, 0.2) is 38.5 Å². The molecule has 0 aliphatic heterocycles. The summed E-state index contributed by atoms with van der Waals surface area (Å²) in [6, 6.07) is 0. The van der Waals surface area contributed by atoms with Gasteiger partial charge in [-0.15, -0.1) is 50.3 Å². The molecule has 0 saturated heterocycles. The Labute approximate surface area is 117 Å². The van der Waals surface area contributed by atoms with E-state index in [1.165, 1.54) is 12.8 Å². The van der Waals surface area contributed by atoms with Gasteiger partial charge in [-0.1, -0.05) is 52.7 Å². The molecule has 0 atom stereocenters. The first-order chi connectivity index (χ1) is 6.66. The van der Waals surface area contributed by atoms with Gasteiger partial charge < -0.3 is 0 Å². The highest BCUT2D eigenvalue weighted by molar-refractivity contribution is 14.0. The molecular formula is C14H33I. The van der Waals surface area contributed by atoms with Gasteiger partial charge in [0.05, 0.1) is 0 Å².